The molecule has 0 bridgehead atoms. The van der Waals surface area contributed by atoms with Gasteiger partial charge in [-0.05, 0) is 70.2 Å². The number of carbonyl (C=O) groups excluding carboxylic acids is 1. The minimum atomic E-state index is -3.62. The number of terminal acetylenes is 1. The Bertz CT molecular complexity index is 2240. The SMILES string of the molecule is C#CCOCCOCCOCCOCCOCCOCCOCCOCCOCCOCCOCCOCCCCN[C@H]1CCN(c2nc3cc([C@@H]4CCCCN4C(=O)c4cc(Cl)ccc4NS(C)(=O)=O)nn3cc2C)C1. The molecule has 0 aliphatic carbocycles. The second-order valence-electron chi connectivity index (χ2n) is 18.3. The first-order valence-electron chi connectivity index (χ1n) is 26.9. The number of nitrogens with one attached hydrogen (secondary N) is 2. The van der Waals surface area contributed by atoms with E-state index >= 15 is 0 Å². The maximum Gasteiger partial charge on any atom is 0.256 e. The zero-order chi connectivity index (χ0) is 54.6. The molecule has 2 aromatic heterocycles. The van der Waals surface area contributed by atoms with Crippen LogP contribution < -0.4 is 14.9 Å². The Labute approximate surface area is 460 Å². The monoisotopic (exact) mass is 1130 g/mol. The van der Waals surface area contributed by atoms with Crippen LogP contribution >= 0.6 is 11.6 Å². The number of unbranched alkanes of at least 4 members (excludes halogenated alkanes) is 1. The summed E-state index contributed by atoms with van der Waals surface area (Å²) in [7, 11) is -3.62. The van der Waals surface area contributed by atoms with E-state index in [0.717, 1.165) is 81.5 Å². The van der Waals surface area contributed by atoms with Crippen molar-refractivity contribution in [3.63, 3.8) is 0 Å². The van der Waals surface area contributed by atoms with Gasteiger partial charge in [-0.3, -0.25) is 9.52 Å². The van der Waals surface area contributed by atoms with Gasteiger partial charge in [-0.2, -0.15) is 5.10 Å². The van der Waals surface area contributed by atoms with Gasteiger partial charge in [0, 0.05) is 55.1 Å². The predicted octanol–water partition coefficient (Wildman–Crippen LogP) is 4.21. The number of aryl methyl sites for hydroxylation is 1. The number of anilines is 2. The maximum atomic E-state index is 14.0. The zero-order valence-electron chi connectivity index (χ0n) is 45.3. The quantitative estimate of drug-likeness (QED) is 0.0598. The molecule has 434 valence electrons. The number of fused-ring (bicyclic) bond motifs is 1. The van der Waals surface area contributed by atoms with Gasteiger partial charge in [-0.15, -0.1) is 6.42 Å². The number of halogens is 1. The van der Waals surface area contributed by atoms with E-state index in [1.165, 1.54) is 12.1 Å². The van der Waals surface area contributed by atoms with E-state index in [4.69, 9.17) is 84.9 Å². The molecule has 1 amide bonds. The Hall–Kier alpha value is -3.81. The molecule has 3 aromatic rings. The van der Waals surface area contributed by atoms with Crippen LogP contribution in [0.3, 0.4) is 0 Å². The molecule has 2 aliphatic heterocycles. The first kappa shape index (κ1) is 64.0. The lowest BCUT2D eigenvalue weighted by atomic mass is 9.98. The maximum absolute atomic E-state index is 14.0. The number of benzene rings is 1. The summed E-state index contributed by atoms with van der Waals surface area (Å²) >= 11 is 6.28. The van der Waals surface area contributed by atoms with Gasteiger partial charge in [0.05, 0.1) is 175 Å². The lowest BCUT2D eigenvalue weighted by Gasteiger charge is -2.35. The average Bonchev–Trinajstić information content (AvgIpc) is 4.14. The third kappa shape index (κ3) is 26.3. The molecule has 0 spiro atoms. The topological polar surface area (TPSA) is 223 Å². The molecular formula is C53H84ClN7O15S. The normalized spacial score (nSPS) is 16.0. The number of piperidine rings is 1. The van der Waals surface area contributed by atoms with Crippen LogP contribution in [0.5, 0.6) is 0 Å². The summed E-state index contributed by atoms with van der Waals surface area (Å²) in [5.41, 5.74) is 2.88. The van der Waals surface area contributed by atoms with Crippen LogP contribution in [0, 0.1) is 19.3 Å². The highest BCUT2D eigenvalue weighted by Crippen LogP contribution is 2.34. The van der Waals surface area contributed by atoms with E-state index in [1.54, 1.807) is 15.5 Å². The summed E-state index contributed by atoms with van der Waals surface area (Å²) in [6.07, 6.45) is 13.6. The van der Waals surface area contributed by atoms with Crippen LogP contribution in [-0.4, -0.2) is 231 Å². The Morgan fingerprint density at radius 1 is 0.688 bits per heavy atom. The molecule has 0 saturated carbocycles. The fourth-order valence-corrected chi connectivity index (χ4v) is 9.18. The van der Waals surface area contributed by atoms with Crippen LogP contribution in [0.1, 0.15) is 66.2 Å². The van der Waals surface area contributed by atoms with Crippen molar-refractivity contribution in [3.8, 4) is 12.3 Å². The number of nitrogens with zero attached hydrogens (tertiary/aromatic N) is 5. The summed E-state index contributed by atoms with van der Waals surface area (Å²) in [4.78, 5) is 23.2. The Balaban J connectivity index is 0.772. The fraction of sp³-hybridized carbons (Fsp3) is 0.717. The van der Waals surface area contributed by atoms with E-state index < -0.39 is 10.0 Å². The van der Waals surface area contributed by atoms with Crippen molar-refractivity contribution < 1.29 is 70.1 Å². The molecule has 2 fully saturated rings. The van der Waals surface area contributed by atoms with Crippen molar-refractivity contribution in [2.24, 2.45) is 0 Å². The molecule has 2 aliphatic rings. The van der Waals surface area contributed by atoms with Gasteiger partial charge < -0.3 is 72.0 Å². The second-order valence-corrected chi connectivity index (χ2v) is 20.5. The molecule has 2 N–H and O–H groups in total. The van der Waals surface area contributed by atoms with Crippen LogP contribution in [0.4, 0.5) is 11.5 Å². The lowest BCUT2D eigenvalue weighted by molar-refractivity contribution is -0.0281. The van der Waals surface area contributed by atoms with E-state index in [-0.39, 0.29) is 23.2 Å². The van der Waals surface area contributed by atoms with Crippen molar-refractivity contribution >= 4 is 44.7 Å². The highest BCUT2D eigenvalue weighted by molar-refractivity contribution is 7.92. The summed E-state index contributed by atoms with van der Waals surface area (Å²) in [5.74, 6) is 3.03. The van der Waals surface area contributed by atoms with Crippen molar-refractivity contribution in [2.75, 3.05) is 201 Å². The molecule has 2 saturated heterocycles. The van der Waals surface area contributed by atoms with E-state index in [9.17, 15) is 13.2 Å². The lowest BCUT2D eigenvalue weighted by Crippen LogP contribution is -2.39. The van der Waals surface area contributed by atoms with Gasteiger partial charge in [0.2, 0.25) is 10.0 Å². The van der Waals surface area contributed by atoms with E-state index in [0.29, 0.717) is 182 Å². The highest BCUT2D eigenvalue weighted by atomic mass is 35.5. The number of carbonyl (C=O) groups is 1. The average molecular weight is 1130 g/mol. The summed E-state index contributed by atoms with van der Waals surface area (Å²) in [6.45, 7) is 17.1. The number of amides is 1. The van der Waals surface area contributed by atoms with Crippen molar-refractivity contribution in [1.29, 1.82) is 0 Å². The first-order chi connectivity index (χ1) is 37.6. The molecule has 0 radical (unpaired) electrons. The third-order valence-electron chi connectivity index (χ3n) is 12.2. The second kappa shape index (κ2) is 38.7. The smallest absolute Gasteiger partial charge is 0.256 e. The zero-order valence-corrected chi connectivity index (χ0v) is 46.9. The standard InChI is InChI=1S/C53H84ClN7O15S/c1-4-16-65-18-20-67-22-24-69-26-28-71-30-32-73-34-36-75-38-39-76-37-35-74-33-31-72-29-27-70-25-23-68-21-19-66-17-8-6-13-55-46-12-15-59(43-46)52-44(2)42-61-51(56-52)41-49(57-61)50-9-5-7-14-60(50)53(62)47-40-45(54)10-11-48(47)58-77(3,63)64/h1,10-11,40-42,46,50,55,58H,5-9,12-39,43H2,2-3H3/t46-,50-/m0/s1. The summed E-state index contributed by atoms with van der Waals surface area (Å²) in [5, 5.41) is 8.95. The molecular weight excluding hydrogens is 1040 g/mol. The minimum absolute atomic E-state index is 0.195. The van der Waals surface area contributed by atoms with Crippen molar-refractivity contribution in [3.05, 3.63) is 52.3 Å². The Kier molecular flexibility index (Phi) is 32.2. The Morgan fingerprint density at radius 3 is 1.70 bits per heavy atom. The molecule has 4 heterocycles. The molecule has 5 rings (SSSR count). The number of hydrogen-bond acceptors (Lipinski definition) is 19. The molecule has 1 aromatic carbocycles. The van der Waals surface area contributed by atoms with Gasteiger partial charge in [-0.25, -0.2) is 17.9 Å². The number of sulfonamides is 1. The van der Waals surface area contributed by atoms with Gasteiger partial charge in [0.25, 0.3) is 5.91 Å². The van der Waals surface area contributed by atoms with Crippen LogP contribution in [0.25, 0.3) is 5.65 Å². The molecule has 2 atom stereocenters. The van der Waals surface area contributed by atoms with Crippen LogP contribution in [0.15, 0.2) is 30.5 Å². The predicted molar refractivity (Wildman–Crippen MR) is 292 cm³/mol. The van der Waals surface area contributed by atoms with Crippen LogP contribution in [0.2, 0.25) is 5.02 Å². The number of likely N-dealkylation sites (tertiary alicyclic amines) is 1. The van der Waals surface area contributed by atoms with E-state index in [1.807, 2.05) is 19.2 Å². The van der Waals surface area contributed by atoms with Gasteiger partial charge in [0.1, 0.15) is 12.4 Å². The first-order valence-corrected chi connectivity index (χ1v) is 29.2. The number of hydrogen-bond donors (Lipinski definition) is 2. The molecule has 24 heteroatoms. The fourth-order valence-electron chi connectivity index (χ4n) is 8.43. The molecule has 22 nitrogen and oxygen atoms in total. The summed E-state index contributed by atoms with van der Waals surface area (Å²) < 4.78 is 94.4. The van der Waals surface area contributed by atoms with Crippen molar-refractivity contribution in [1.82, 2.24) is 24.8 Å². The number of aromatic nitrogens is 3. The number of ether oxygens (including phenoxy) is 12. The Morgan fingerprint density at radius 2 is 1.19 bits per heavy atom. The van der Waals surface area contributed by atoms with Gasteiger partial charge in [-0.1, -0.05) is 17.5 Å². The third-order valence-corrected chi connectivity index (χ3v) is 13.0. The molecule has 0 unspecified atom stereocenters. The van der Waals surface area contributed by atoms with E-state index in [2.05, 4.69) is 20.9 Å². The molecule has 77 heavy (non-hydrogen) atoms. The minimum Gasteiger partial charge on any atom is -0.379 e. The number of rotatable bonds is 45. The van der Waals surface area contributed by atoms with Crippen LogP contribution in [-0.2, 0) is 66.9 Å². The van der Waals surface area contributed by atoms with Gasteiger partial charge >= 0.3 is 0 Å². The van der Waals surface area contributed by atoms with Crippen molar-refractivity contribution in [2.45, 2.75) is 57.5 Å². The van der Waals surface area contributed by atoms with Gasteiger partial charge in [0.15, 0.2) is 5.65 Å². The highest BCUT2D eigenvalue weighted by Gasteiger charge is 2.33. The largest absolute Gasteiger partial charge is 0.379 e. The summed E-state index contributed by atoms with van der Waals surface area (Å²) in [6, 6.07) is 6.61.